The van der Waals surface area contributed by atoms with Crippen molar-refractivity contribution in [2.45, 2.75) is 26.1 Å². The highest BCUT2D eigenvalue weighted by Crippen LogP contribution is 2.30. The number of rotatable bonds is 6. The molecule has 0 radical (unpaired) electrons. The van der Waals surface area contributed by atoms with E-state index in [1.807, 2.05) is 6.92 Å². The van der Waals surface area contributed by atoms with Crippen LogP contribution in [0.25, 0.3) is 11.3 Å². The number of halogens is 3. The van der Waals surface area contributed by atoms with Gasteiger partial charge in [-0.15, -0.1) is 0 Å². The molecule has 0 saturated heterocycles. The Morgan fingerprint density at radius 1 is 1.06 bits per heavy atom. The second kappa shape index (κ2) is 9.03. The molecule has 9 heteroatoms. The van der Waals surface area contributed by atoms with Crippen molar-refractivity contribution in [1.82, 2.24) is 9.78 Å². The van der Waals surface area contributed by atoms with Crippen LogP contribution in [-0.4, -0.2) is 22.3 Å². The zero-order valence-corrected chi connectivity index (χ0v) is 16.8. The van der Waals surface area contributed by atoms with Gasteiger partial charge in [-0.25, -0.2) is 4.68 Å². The first-order valence-corrected chi connectivity index (χ1v) is 9.50. The number of ether oxygens (including phenoxy) is 1. The van der Waals surface area contributed by atoms with E-state index < -0.39 is 29.2 Å². The Hall–Kier alpha value is -3.62. The van der Waals surface area contributed by atoms with Crippen LogP contribution in [0, 0.1) is 0 Å². The lowest BCUT2D eigenvalue weighted by molar-refractivity contribution is -0.137. The summed E-state index contributed by atoms with van der Waals surface area (Å²) in [6.07, 6.45) is -4.46. The molecule has 1 heterocycles. The number of anilines is 1. The third kappa shape index (κ3) is 5.30. The smallest absolute Gasteiger partial charge is 0.416 e. The molecule has 31 heavy (non-hydrogen) atoms. The van der Waals surface area contributed by atoms with Crippen LogP contribution in [-0.2, 0) is 11.0 Å². The third-order valence-corrected chi connectivity index (χ3v) is 4.51. The third-order valence-electron chi connectivity index (χ3n) is 4.51. The van der Waals surface area contributed by atoms with Gasteiger partial charge in [0.25, 0.3) is 5.56 Å². The Balaban J connectivity index is 1.79. The van der Waals surface area contributed by atoms with Crippen molar-refractivity contribution >= 4 is 11.6 Å². The van der Waals surface area contributed by atoms with Gasteiger partial charge in [0, 0.05) is 17.3 Å². The average Bonchev–Trinajstić information content (AvgIpc) is 2.74. The second-order valence-electron chi connectivity index (χ2n) is 6.70. The van der Waals surface area contributed by atoms with E-state index in [9.17, 15) is 22.8 Å². The van der Waals surface area contributed by atoms with Crippen molar-refractivity contribution in [3.05, 3.63) is 76.6 Å². The Morgan fingerprint density at radius 2 is 1.71 bits per heavy atom. The number of hydrogen-bond donors (Lipinski definition) is 1. The monoisotopic (exact) mass is 431 g/mol. The summed E-state index contributed by atoms with van der Waals surface area (Å²) < 4.78 is 44.5. The van der Waals surface area contributed by atoms with Gasteiger partial charge in [0.05, 0.1) is 17.9 Å². The van der Waals surface area contributed by atoms with Gasteiger partial charge in [0.15, 0.2) is 0 Å². The van der Waals surface area contributed by atoms with Crippen LogP contribution < -0.4 is 15.6 Å². The Morgan fingerprint density at radius 3 is 2.29 bits per heavy atom. The molecule has 1 unspecified atom stereocenters. The molecule has 6 nitrogen and oxygen atoms in total. The number of amides is 1. The van der Waals surface area contributed by atoms with Gasteiger partial charge in [-0.1, -0.05) is 0 Å². The van der Waals surface area contributed by atoms with Crippen LogP contribution in [0.3, 0.4) is 0 Å². The average molecular weight is 431 g/mol. The summed E-state index contributed by atoms with van der Waals surface area (Å²) >= 11 is 0. The minimum Gasteiger partial charge on any atom is -0.494 e. The maximum atomic E-state index is 12.7. The minimum atomic E-state index is -4.46. The number of hydrogen-bond acceptors (Lipinski definition) is 4. The fourth-order valence-corrected chi connectivity index (χ4v) is 2.85. The minimum absolute atomic E-state index is 0.181. The zero-order valence-electron chi connectivity index (χ0n) is 16.8. The summed E-state index contributed by atoms with van der Waals surface area (Å²) in [6, 6.07) is 13.0. The normalized spacial score (nSPS) is 12.3. The second-order valence-corrected chi connectivity index (χ2v) is 6.70. The Bertz CT molecular complexity index is 1110. The number of benzene rings is 2. The maximum Gasteiger partial charge on any atom is 0.416 e. The van der Waals surface area contributed by atoms with Gasteiger partial charge in [0.1, 0.15) is 11.8 Å². The highest BCUT2D eigenvalue weighted by molar-refractivity contribution is 5.93. The summed E-state index contributed by atoms with van der Waals surface area (Å²) in [5.74, 6) is 0.113. The van der Waals surface area contributed by atoms with Crippen LogP contribution in [0.1, 0.15) is 25.5 Å². The SMILES string of the molecule is CCOc1ccc(-c2ccc(=O)n(C(C)C(=O)Nc3ccc(C(F)(F)F)cc3)n2)cc1. The molecule has 1 atom stereocenters. The molecule has 0 saturated carbocycles. The van der Waals surface area contributed by atoms with E-state index in [1.165, 1.54) is 13.0 Å². The van der Waals surface area contributed by atoms with Crippen molar-refractivity contribution < 1.29 is 22.7 Å². The molecule has 1 N–H and O–H groups in total. The standard InChI is InChI=1S/C22H20F3N3O3/c1-3-31-18-10-4-15(5-11-18)19-12-13-20(29)28(27-19)14(2)21(30)26-17-8-6-16(7-9-17)22(23,24)25/h4-14H,3H2,1-2H3,(H,26,30). The molecule has 1 amide bonds. The van der Waals surface area contributed by atoms with Crippen LogP contribution in [0.2, 0.25) is 0 Å². The molecule has 1 aromatic heterocycles. The fraction of sp³-hybridized carbons (Fsp3) is 0.227. The number of alkyl halides is 3. The van der Waals surface area contributed by atoms with Crippen molar-refractivity contribution in [2.24, 2.45) is 0 Å². The van der Waals surface area contributed by atoms with Crippen molar-refractivity contribution in [3.63, 3.8) is 0 Å². The van der Waals surface area contributed by atoms with Gasteiger partial charge in [-0.05, 0) is 68.4 Å². The first-order chi connectivity index (χ1) is 14.7. The van der Waals surface area contributed by atoms with Gasteiger partial charge in [-0.2, -0.15) is 18.3 Å². The summed E-state index contributed by atoms with van der Waals surface area (Å²) in [4.78, 5) is 24.8. The van der Waals surface area contributed by atoms with E-state index in [0.29, 0.717) is 18.1 Å². The largest absolute Gasteiger partial charge is 0.494 e. The van der Waals surface area contributed by atoms with E-state index in [-0.39, 0.29) is 5.69 Å². The van der Waals surface area contributed by atoms with Crippen molar-refractivity contribution in [3.8, 4) is 17.0 Å². The molecule has 3 rings (SSSR count). The molecular weight excluding hydrogens is 411 g/mol. The van der Waals surface area contributed by atoms with Crippen molar-refractivity contribution in [1.29, 1.82) is 0 Å². The van der Waals surface area contributed by atoms with E-state index in [1.54, 1.807) is 30.3 Å². The van der Waals surface area contributed by atoms with Crippen LogP contribution in [0.15, 0.2) is 65.5 Å². The fourth-order valence-electron chi connectivity index (χ4n) is 2.85. The maximum absolute atomic E-state index is 12.7. The van der Waals surface area contributed by atoms with Crippen LogP contribution in [0.5, 0.6) is 5.75 Å². The first kappa shape index (κ1) is 22.1. The summed E-state index contributed by atoms with van der Waals surface area (Å²) in [6.45, 7) is 3.90. The van der Waals surface area contributed by atoms with Crippen LogP contribution in [0.4, 0.5) is 18.9 Å². The zero-order chi connectivity index (χ0) is 22.6. The number of carbonyl (C=O) groups is 1. The molecule has 0 aliphatic heterocycles. The van der Waals surface area contributed by atoms with Crippen molar-refractivity contribution in [2.75, 3.05) is 11.9 Å². The van der Waals surface area contributed by atoms with Gasteiger partial charge in [-0.3, -0.25) is 9.59 Å². The van der Waals surface area contributed by atoms with Gasteiger partial charge < -0.3 is 10.1 Å². The van der Waals surface area contributed by atoms with Gasteiger partial charge >= 0.3 is 6.18 Å². The molecule has 2 aromatic carbocycles. The molecular formula is C22H20F3N3O3. The number of aromatic nitrogens is 2. The Labute approximate surface area is 176 Å². The molecule has 0 bridgehead atoms. The topological polar surface area (TPSA) is 73.2 Å². The van der Waals surface area contributed by atoms with E-state index >= 15 is 0 Å². The molecule has 0 spiro atoms. The predicted molar refractivity (Wildman–Crippen MR) is 110 cm³/mol. The highest BCUT2D eigenvalue weighted by atomic mass is 19.4. The molecule has 0 aliphatic carbocycles. The molecule has 162 valence electrons. The molecule has 0 fully saturated rings. The number of nitrogens with one attached hydrogen (secondary N) is 1. The lowest BCUT2D eigenvalue weighted by Crippen LogP contribution is -2.33. The number of nitrogens with zero attached hydrogens (tertiary/aromatic N) is 2. The summed E-state index contributed by atoms with van der Waals surface area (Å²) in [5, 5.41) is 6.79. The summed E-state index contributed by atoms with van der Waals surface area (Å²) in [5.41, 5.74) is 0.0918. The van der Waals surface area contributed by atoms with E-state index in [4.69, 9.17) is 4.74 Å². The van der Waals surface area contributed by atoms with E-state index in [2.05, 4.69) is 10.4 Å². The van der Waals surface area contributed by atoms with Gasteiger partial charge in [0.2, 0.25) is 5.91 Å². The molecule has 3 aromatic rings. The number of carbonyl (C=O) groups excluding carboxylic acids is 1. The predicted octanol–water partition coefficient (Wildman–Crippen LogP) is 4.53. The molecule has 0 aliphatic rings. The quantitative estimate of drug-likeness (QED) is 0.623. The summed E-state index contributed by atoms with van der Waals surface area (Å²) in [7, 11) is 0. The van der Waals surface area contributed by atoms with E-state index in [0.717, 1.165) is 34.5 Å². The van der Waals surface area contributed by atoms with Crippen LogP contribution >= 0.6 is 0 Å². The first-order valence-electron chi connectivity index (χ1n) is 9.50. The lowest BCUT2D eigenvalue weighted by atomic mass is 10.1. The lowest BCUT2D eigenvalue weighted by Gasteiger charge is -2.15. The Kier molecular flexibility index (Phi) is 6.43. The highest BCUT2D eigenvalue weighted by Gasteiger charge is 2.30.